The number of benzene rings is 2. The van der Waals surface area contributed by atoms with E-state index in [9.17, 15) is 9.59 Å². The Hall–Kier alpha value is -2.73. The summed E-state index contributed by atoms with van der Waals surface area (Å²) in [7, 11) is 0. The van der Waals surface area contributed by atoms with Gasteiger partial charge in [0.25, 0.3) is 11.8 Å². The Bertz CT molecular complexity index is 958. The fraction of sp³-hybridized carbons (Fsp3) is 0.0556. The summed E-state index contributed by atoms with van der Waals surface area (Å²) in [5.74, 6) is -0.625. The Labute approximate surface area is 146 Å². The first-order valence-corrected chi connectivity index (χ1v) is 8.15. The smallest absolute Gasteiger partial charge is 0.266 e. The molecule has 1 aliphatic heterocycles. The molecule has 0 spiro atoms. The molecule has 0 aliphatic carbocycles. The van der Waals surface area contributed by atoms with Crippen molar-refractivity contribution in [3.63, 3.8) is 0 Å². The third kappa shape index (κ3) is 2.18. The van der Waals surface area contributed by atoms with Gasteiger partial charge >= 0.3 is 0 Å². The largest absolute Gasteiger partial charge is 0.268 e. The van der Waals surface area contributed by atoms with Crippen molar-refractivity contribution in [3.05, 3.63) is 76.0 Å². The lowest BCUT2D eigenvalue weighted by Crippen LogP contribution is -2.29. The van der Waals surface area contributed by atoms with Crippen LogP contribution in [0.3, 0.4) is 0 Å². The second-order valence-electron chi connectivity index (χ2n) is 5.52. The zero-order valence-electron chi connectivity index (χ0n) is 12.7. The Balaban J connectivity index is 1.79. The van der Waals surface area contributed by atoms with Crippen LogP contribution in [0.1, 0.15) is 26.4 Å². The van der Waals surface area contributed by atoms with Crippen LogP contribution in [0.2, 0.25) is 0 Å². The van der Waals surface area contributed by atoms with Gasteiger partial charge in [-0.3, -0.25) is 9.59 Å². The van der Waals surface area contributed by atoms with Gasteiger partial charge in [-0.15, -0.1) is 0 Å². The molecule has 2 aromatic carbocycles. The summed E-state index contributed by atoms with van der Waals surface area (Å²) in [6, 6.07) is 14.5. The number of carbonyl (C=O) groups is 2. The monoisotopic (exact) mass is 381 g/mol. The van der Waals surface area contributed by atoms with Gasteiger partial charge in [-0.05, 0) is 37.3 Å². The number of amides is 2. The maximum atomic E-state index is 12.6. The molecule has 0 N–H and O–H groups in total. The highest BCUT2D eigenvalue weighted by Crippen LogP contribution is 2.30. The van der Waals surface area contributed by atoms with Crippen LogP contribution in [-0.2, 0) is 0 Å². The van der Waals surface area contributed by atoms with Crippen LogP contribution in [0.5, 0.6) is 0 Å². The predicted molar refractivity (Wildman–Crippen MR) is 93.6 cm³/mol. The van der Waals surface area contributed by atoms with Crippen molar-refractivity contribution in [2.75, 3.05) is 4.90 Å². The van der Waals surface area contributed by atoms with Crippen LogP contribution >= 0.6 is 15.9 Å². The maximum absolute atomic E-state index is 12.6. The first-order chi connectivity index (χ1) is 11.6. The van der Waals surface area contributed by atoms with Crippen LogP contribution in [0.25, 0.3) is 5.69 Å². The molecule has 6 heteroatoms. The van der Waals surface area contributed by atoms with Crippen molar-refractivity contribution >= 4 is 33.4 Å². The number of imide groups is 1. The number of carbonyl (C=O) groups excluding carboxylic acids is 2. The van der Waals surface area contributed by atoms with E-state index in [1.165, 1.54) is 4.90 Å². The van der Waals surface area contributed by atoms with Gasteiger partial charge in [0.1, 0.15) is 0 Å². The minimum atomic E-state index is -0.313. The zero-order valence-corrected chi connectivity index (χ0v) is 14.3. The minimum Gasteiger partial charge on any atom is -0.268 e. The van der Waals surface area contributed by atoms with Crippen molar-refractivity contribution in [2.45, 2.75) is 6.92 Å². The lowest BCUT2D eigenvalue weighted by Gasteiger charge is -2.11. The molecule has 24 heavy (non-hydrogen) atoms. The average molecular weight is 382 g/mol. The van der Waals surface area contributed by atoms with Gasteiger partial charge in [0.05, 0.1) is 34.4 Å². The molecule has 1 aromatic heterocycles. The number of anilines is 1. The minimum absolute atomic E-state index is 0.313. The molecule has 0 atom stereocenters. The second kappa shape index (κ2) is 5.42. The lowest BCUT2D eigenvalue weighted by atomic mass is 10.1. The second-order valence-corrected chi connectivity index (χ2v) is 6.43. The quantitative estimate of drug-likeness (QED) is 0.635. The van der Waals surface area contributed by atoms with Gasteiger partial charge in [-0.2, -0.15) is 5.10 Å². The van der Waals surface area contributed by atoms with Crippen molar-refractivity contribution in [3.8, 4) is 5.69 Å². The van der Waals surface area contributed by atoms with Gasteiger partial charge in [0.15, 0.2) is 0 Å². The molecule has 5 nitrogen and oxygen atoms in total. The summed E-state index contributed by atoms with van der Waals surface area (Å²) in [6.45, 7) is 1.79. The van der Waals surface area contributed by atoms with Crippen LogP contribution in [-0.4, -0.2) is 21.6 Å². The van der Waals surface area contributed by atoms with E-state index in [1.807, 2.05) is 24.3 Å². The van der Waals surface area contributed by atoms with Crippen LogP contribution in [0.4, 0.5) is 5.69 Å². The predicted octanol–water partition coefficient (Wildman–Crippen LogP) is 3.74. The normalized spacial score (nSPS) is 13.5. The van der Waals surface area contributed by atoms with E-state index in [1.54, 1.807) is 42.1 Å². The standard InChI is InChI=1S/C18H12BrN3O2/c1-11-16(10-21(20-11)13-6-4-5-12(19)9-13)22-17(23)14-7-2-3-8-15(14)18(22)24/h2-10H,1H3. The Morgan fingerprint density at radius 1 is 0.958 bits per heavy atom. The molecule has 0 unspecified atom stereocenters. The molecule has 118 valence electrons. The highest BCUT2D eigenvalue weighted by atomic mass is 79.9. The van der Waals surface area contributed by atoms with Crippen LogP contribution in [0, 0.1) is 6.92 Å². The summed E-state index contributed by atoms with van der Waals surface area (Å²) < 4.78 is 2.59. The number of aromatic nitrogens is 2. The first kappa shape index (κ1) is 14.8. The van der Waals surface area contributed by atoms with E-state index in [0.717, 1.165) is 10.2 Å². The molecule has 1 aliphatic rings. The average Bonchev–Trinajstić information content (AvgIpc) is 3.07. The maximum Gasteiger partial charge on any atom is 0.266 e. The summed E-state index contributed by atoms with van der Waals surface area (Å²) >= 11 is 3.43. The van der Waals surface area contributed by atoms with E-state index in [2.05, 4.69) is 21.0 Å². The van der Waals surface area contributed by atoms with Gasteiger partial charge in [-0.25, -0.2) is 9.58 Å². The molecule has 0 saturated carbocycles. The number of hydrogen-bond donors (Lipinski definition) is 0. The first-order valence-electron chi connectivity index (χ1n) is 7.36. The molecule has 2 heterocycles. The third-order valence-electron chi connectivity index (χ3n) is 3.98. The van der Waals surface area contributed by atoms with Gasteiger partial charge < -0.3 is 0 Å². The molecule has 0 fully saturated rings. The zero-order chi connectivity index (χ0) is 16.8. The molecule has 0 radical (unpaired) electrons. The Kier molecular flexibility index (Phi) is 3.35. The highest BCUT2D eigenvalue weighted by Gasteiger charge is 2.37. The highest BCUT2D eigenvalue weighted by molar-refractivity contribution is 9.10. The molecular weight excluding hydrogens is 370 g/mol. The van der Waals surface area contributed by atoms with E-state index in [4.69, 9.17) is 0 Å². The van der Waals surface area contributed by atoms with Gasteiger partial charge in [0, 0.05) is 4.47 Å². The summed E-state index contributed by atoms with van der Waals surface area (Å²) in [6.07, 6.45) is 1.71. The molecular formula is C18H12BrN3O2. The van der Waals surface area contributed by atoms with Crippen molar-refractivity contribution in [1.29, 1.82) is 0 Å². The topological polar surface area (TPSA) is 55.2 Å². The fourth-order valence-electron chi connectivity index (χ4n) is 2.83. The lowest BCUT2D eigenvalue weighted by molar-refractivity contribution is 0.0926. The summed E-state index contributed by atoms with van der Waals surface area (Å²) in [5, 5.41) is 4.45. The Morgan fingerprint density at radius 3 is 2.25 bits per heavy atom. The third-order valence-corrected chi connectivity index (χ3v) is 4.47. The summed E-state index contributed by atoms with van der Waals surface area (Å²) in [4.78, 5) is 26.4. The number of aryl methyl sites for hydroxylation is 1. The van der Waals surface area contributed by atoms with E-state index >= 15 is 0 Å². The van der Waals surface area contributed by atoms with E-state index < -0.39 is 0 Å². The van der Waals surface area contributed by atoms with Crippen LogP contribution < -0.4 is 4.90 Å². The van der Waals surface area contributed by atoms with Crippen molar-refractivity contribution in [2.24, 2.45) is 0 Å². The fourth-order valence-corrected chi connectivity index (χ4v) is 3.22. The number of nitrogens with zero attached hydrogens (tertiary/aromatic N) is 3. The number of halogens is 1. The van der Waals surface area contributed by atoms with Gasteiger partial charge in [0.2, 0.25) is 0 Å². The number of rotatable bonds is 2. The molecule has 2 amide bonds. The van der Waals surface area contributed by atoms with Crippen LogP contribution in [0.15, 0.2) is 59.2 Å². The molecule has 4 rings (SSSR count). The number of hydrogen-bond acceptors (Lipinski definition) is 3. The Morgan fingerprint density at radius 2 is 1.62 bits per heavy atom. The van der Waals surface area contributed by atoms with Crippen molar-refractivity contribution in [1.82, 2.24) is 9.78 Å². The SMILES string of the molecule is Cc1nn(-c2cccc(Br)c2)cc1N1C(=O)c2ccccc2C1=O. The molecule has 0 bridgehead atoms. The van der Waals surface area contributed by atoms with Crippen molar-refractivity contribution < 1.29 is 9.59 Å². The van der Waals surface area contributed by atoms with E-state index in [0.29, 0.717) is 22.5 Å². The molecule has 0 saturated heterocycles. The molecule has 3 aromatic rings. The van der Waals surface area contributed by atoms with Gasteiger partial charge in [-0.1, -0.05) is 34.1 Å². The summed E-state index contributed by atoms with van der Waals surface area (Å²) in [5.41, 5.74) is 2.82. The van der Waals surface area contributed by atoms with E-state index in [-0.39, 0.29) is 11.8 Å². The number of fused-ring (bicyclic) bond motifs is 1.